The third-order valence-electron chi connectivity index (χ3n) is 3.29. The van der Waals surface area contributed by atoms with Crippen molar-refractivity contribution in [2.75, 3.05) is 5.73 Å². The average molecular weight is 279 g/mol. The van der Waals surface area contributed by atoms with Gasteiger partial charge >= 0.3 is 0 Å². The van der Waals surface area contributed by atoms with Crippen molar-refractivity contribution in [3.63, 3.8) is 0 Å². The molecule has 0 radical (unpaired) electrons. The molecular weight excluding hydrogens is 262 g/mol. The molecule has 0 amide bonds. The Morgan fingerprint density at radius 2 is 1.95 bits per heavy atom. The molecule has 106 valence electrons. The van der Waals surface area contributed by atoms with E-state index in [2.05, 4.69) is 39.3 Å². The third-order valence-corrected chi connectivity index (χ3v) is 3.29. The zero-order valence-corrected chi connectivity index (χ0v) is 11.7. The van der Waals surface area contributed by atoms with Crippen LogP contribution in [0.4, 0.5) is 5.69 Å². The molecule has 0 unspecified atom stereocenters. The number of anilines is 1. The van der Waals surface area contributed by atoms with Crippen LogP contribution in [0.15, 0.2) is 55.1 Å². The van der Waals surface area contributed by atoms with Crippen LogP contribution < -0.4 is 5.73 Å². The number of aryl methyl sites for hydroxylation is 2. The number of nitrogen functional groups attached to an aromatic ring is 1. The number of benzene rings is 1. The first kappa shape index (κ1) is 13.3. The fourth-order valence-corrected chi connectivity index (χ4v) is 2.26. The molecule has 0 saturated heterocycles. The summed E-state index contributed by atoms with van der Waals surface area (Å²) in [6.45, 7) is 0.833. The van der Waals surface area contributed by atoms with Gasteiger partial charge in [0.15, 0.2) is 0 Å². The molecule has 3 aromatic rings. The minimum absolute atomic E-state index is 0.634. The Kier molecular flexibility index (Phi) is 3.91. The molecule has 0 fully saturated rings. The Bertz CT molecular complexity index is 691. The largest absolute Gasteiger partial charge is 0.396 e. The Hall–Kier alpha value is -2.69. The van der Waals surface area contributed by atoms with E-state index in [9.17, 15) is 0 Å². The van der Waals surface area contributed by atoms with E-state index < -0.39 is 0 Å². The van der Waals surface area contributed by atoms with E-state index in [0.717, 1.165) is 19.4 Å². The van der Waals surface area contributed by atoms with Crippen LogP contribution in [0.5, 0.6) is 0 Å². The summed E-state index contributed by atoms with van der Waals surface area (Å²) >= 11 is 0. The maximum atomic E-state index is 6.01. The van der Waals surface area contributed by atoms with E-state index in [0.29, 0.717) is 17.1 Å². The van der Waals surface area contributed by atoms with Crippen molar-refractivity contribution in [2.45, 2.75) is 19.4 Å². The number of nitrogens with two attached hydrogens (primary N) is 1. The minimum Gasteiger partial charge on any atom is -0.396 e. The molecule has 2 N–H and O–H groups in total. The van der Waals surface area contributed by atoms with Gasteiger partial charge in [-0.05, 0) is 18.4 Å². The number of hydrogen-bond donors (Lipinski definition) is 1. The molecule has 5 nitrogen and oxygen atoms in total. The minimum atomic E-state index is 0.634. The van der Waals surface area contributed by atoms with Gasteiger partial charge in [0.25, 0.3) is 0 Å². The van der Waals surface area contributed by atoms with E-state index in [1.807, 2.05) is 16.9 Å². The maximum absolute atomic E-state index is 6.01. The second-order valence-corrected chi connectivity index (χ2v) is 4.88. The SMILES string of the molecule is Nc1cn(CCCc2ccccc2)nc1-c1cnccn1. The van der Waals surface area contributed by atoms with Crippen LogP contribution in [0, 0.1) is 0 Å². The second-order valence-electron chi connectivity index (χ2n) is 4.88. The number of rotatable bonds is 5. The lowest BCUT2D eigenvalue weighted by molar-refractivity contribution is 0.580. The van der Waals surface area contributed by atoms with E-state index in [1.54, 1.807) is 18.6 Å². The molecule has 0 aliphatic rings. The molecule has 2 heterocycles. The highest BCUT2D eigenvalue weighted by Gasteiger charge is 2.09. The van der Waals surface area contributed by atoms with Gasteiger partial charge in [-0.1, -0.05) is 30.3 Å². The van der Waals surface area contributed by atoms with E-state index >= 15 is 0 Å². The average Bonchev–Trinajstić information content (AvgIpc) is 2.90. The molecular formula is C16H17N5. The second kappa shape index (κ2) is 6.17. The lowest BCUT2D eigenvalue weighted by Gasteiger charge is -2.02. The zero-order chi connectivity index (χ0) is 14.5. The van der Waals surface area contributed by atoms with Gasteiger partial charge in [-0.2, -0.15) is 5.10 Å². The standard InChI is InChI=1S/C16H17N5/c17-14-12-21(10-4-7-13-5-2-1-3-6-13)20-16(14)15-11-18-8-9-19-15/h1-3,5-6,8-9,11-12H,4,7,10,17H2. The molecule has 0 aliphatic carbocycles. The highest BCUT2D eigenvalue weighted by molar-refractivity contribution is 5.68. The van der Waals surface area contributed by atoms with Crippen molar-refractivity contribution in [1.82, 2.24) is 19.7 Å². The Labute approximate surface area is 123 Å². The summed E-state index contributed by atoms with van der Waals surface area (Å²) in [6, 6.07) is 10.4. The Morgan fingerprint density at radius 1 is 1.10 bits per heavy atom. The third kappa shape index (κ3) is 3.25. The molecule has 1 aromatic carbocycles. The first-order chi connectivity index (χ1) is 10.3. The Morgan fingerprint density at radius 3 is 2.71 bits per heavy atom. The predicted octanol–water partition coefficient (Wildman–Crippen LogP) is 2.56. The van der Waals surface area contributed by atoms with Gasteiger partial charge in [-0.15, -0.1) is 0 Å². The number of aromatic nitrogens is 4. The number of nitrogens with zero attached hydrogens (tertiary/aromatic N) is 4. The van der Waals surface area contributed by atoms with Crippen molar-refractivity contribution in [1.29, 1.82) is 0 Å². The van der Waals surface area contributed by atoms with Crippen molar-refractivity contribution in [3.8, 4) is 11.4 Å². The summed E-state index contributed by atoms with van der Waals surface area (Å²) in [5.41, 5.74) is 9.38. The van der Waals surface area contributed by atoms with Crippen LogP contribution in [-0.4, -0.2) is 19.7 Å². The van der Waals surface area contributed by atoms with Crippen LogP contribution in [0.3, 0.4) is 0 Å². The molecule has 21 heavy (non-hydrogen) atoms. The van der Waals surface area contributed by atoms with Gasteiger partial charge in [0.2, 0.25) is 0 Å². The lowest BCUT2D eigenvalue weighted by Crippen LogP contribution is -2.00. The van der Waals surface area contributed by atoms with Crippen LogP contribution in [0.25, 0.3) is 11.4 Å². The quantitative estimate of drug-likeness (QED) is 0.779. The Balaban J connectivity index is 1.65. The predicted molar refractivity (Wildman–Crippen MR) is 82.4 cm³/mol. The van der Waals surface area contributed by atoms with Crippen molar-refractivity contribution in [3.05, 3.63) is 60.7 Å². The van der Waals surface area contributed by atoms with Crippen molar-refractivity contribution >= 4 is 5.69 Å². The van der Waals surface area contributed by atoms with E-state index in [1.165, 1.54) is 5.56 Å². The molecule has 0 spiro atoms. The molecule has 0 atom stereocenters. The van der Waals surface area contributed by atoms with Gasteiger partial charge < -0.3 is 5.73 Å². The van der Waals surface area contributed by atoms with E-state index in [4.69, 9.17) is 5.73 Å². The van der Waals surface area contributed by atoms with Gasteiger partial charge in [-0.25, -0.2) is 0 Å². The van der Waals surface area contributed by atoms with Crippen LogP contribution in [0.1, 0.15) is 12.0 Å². The maximum Gasteiger partial charge on any atom is 0.135 e. The first-order valence-corrected chi connectivity index (χ1v) is 6.96. The van der Waals surface area contributed by atoms with Crippen LogP contribution in [0.2, 0.25) is 0 Å². The smallest absolute Gasteiger partial charge is 0.135 e. The van der Waals surface area contributed by atoms with Crippen LogP contribution in [-0.2, 0) is 13.0 Å². The van der Waals surface area contributed by atoms with E-state index in [-0.39, 0.29) is 0 Å². The fourth-order valence-electron chi connectivity index (χ4n) is 2.26. The highest BCUT2D eigenvalue weighted by Crippen LogP contribution is 2.21. The monoisotopic (exact) mass is 279 g/mol. The summed E-state index contributed by atoms with van der Waals surface area (Å²) in [5.74, 6) is 0. The molecule has 0 aliphatic heterocycles. The zero-order valence-electron chi connectivity index (χ0n) is 11.7. The molecule has 5 heteroatoms. The molecule has 0 bridgehead atoms. The van der Waals surface area contributed by atoms with Gasteiger partial charge in [0.05, 0.1) is 11.9 Å². The summed E-state index contributed by atoms with van der Waals surface area (Å²) in [5, 5.41) is 4.50. The summed E-state index contributed by atoms with van der Waals surface area (Å²) in [7, 11) is 0. The molecule has 2 aromatic heterocycles. The highest BCUT2D eigenvalue weighted by atomic mass is 15.3. The number of hydrogen-bond acceptors (Lipinski definition) is 4. The van der Waals surface area contributed by atoms with Crippen molar-refractivity contribution in [2.24, 2.45) is 0 Å². The van der Waals surface area contributed by atoms with Gasteiger partial charge in [0, 0.05) is 25.1 Å². The lowest BCUT2D eigenvalue weighted by atomic mass is 10.1. The molecule has 3 rings (SSSR count). The summed E-state index contributed by atoms with van der Waals surface area (Å²) < 4.78 is 1.88. The molecule has 0 saturated carbocycles. The van der Waals surface area contributed by atoms with Crippen LogP contribution >= 0.6 is 0 Å². The fraction of sp³-hybridized carbons (Fsp3) is 0.188. The van der Waals surface area contributed by atoms with Gasteiger partial charge in [-0.3, -0.25) is 14.6 Å². The summed E-state index contributed by atoms with van der Waals surface area (Å²) in [4.78, 5) is 8.28. The first-order valence-electron chi connectivity index (χ1n) is 6.96. The van der Waals surface area contributed by atoms with Gasteiger partial charge in [0.1, 0.15) is 11.4 Å². The summed E-state index contributed by atoms with van der Waals surface area (Å²) in [6.07, 6.45) is 8.86. The van der Waals surface area contributed by atoms with Crippen molar-refractivity contribution < 1.29 is 0 Å². The topological polar surface area (TPSA) is 69.6 Å². The normalized spacial score (nSPS) is 10.7.